The number of rotatable bonds is 13. The Balaban J connectivity index is 0.000000156. The van der Waals surface area contributed by atoms with Crippen molar-refractivity contribution >= 4 is 40.5 Å². The highest BCUT2D eigenvalue weighted by Gasteiger charge is 2.49. The number of aryl methyl sites for hydroxylation is 10. The van der Waals surface area contributed by atoms with E-state index >= 15 is 0 Å². The predicted octanol–water partition coefficient (Wildman–Crippen LogP) is 13.0. The number of ether oxygens (including phenoxy) is 1. The number of carbonyl (C=O) groups is 2. The maximum Gasteiger partial charge on any atom is 0.351 e. The molecule has 5 atom stereocenters. The van der Waals surface area contributed by atoms with Crippen LogP contribution in [0.4, 0.5) is 0 Å². The van der Waals surface area contributed by atoms with Gasteiger partial charge in [-0.2, -0.15) is 0 Å². The van der Waals surface area contributed by atoms with Crippen LogP contribution in [0.5, 0.6) is 0 Å². The number of nitrogens with zero attached hydrogens (tertiary/aromatic N) is 5. The van der Waals surface area contributed by atoms with E-state index in [0.717, 1.165) is 90.2 Å². The lowest BCUT2D eigenvalue weighted by Crippen LogP contribution is -2.41. The van der Waals surface area contributed by atoms with E-state index in [9.17, 15) is 19.8 Å². The van der Waals surface area contributed by atoms with Crippen molar-refractivity contribution in [1.29, 1.82) is 0 Å². The molecule has 6 aliphatic heterocycles. The van der Waals surface area contributed by atoms with Crippen molar-refractivity contribution in [2.75, 3.05) is 26.4 Å². The molecule has 6 heterocycles. The fraction of sp³-hybridized carbons (Fsp3) is 0.471. The Morgan fingerprint density at radius 1 is 0.460 bits per heavy atom. The average molecular weight is 1190 g/mol. The minimum atomic E-state index is -1.81. The Kier molecular flexibility index (Phi) is 21.8. The molecule has 0 aromatic heterocycles. The third-order valence-electron chi connectivity index (χ3n) is 17.7. The van der Waals surface area contributed by atoms with Crippen LogP contribution in [0.1, 0.15) is 175 Å². The Morgan fingerprint density at radius 3 is 1.14 bits per heavy atom. The van der Waals surface area contributed by atoms with E-state index < -0.39 is 29.6 Å². The maximum absolute atomic E-state index is 11.3. The Morgan fingerprint density at radius 2 is 0.816 bits per heavy atom. The molecule has 11 rings (SSSR count). The predicted molar refractivity (Wildman–Crippen MR) is 340 cm³/mol. The van der Waals surface area contributed by atoms with Crippen LogP contribution < -0.4 is 0 Å². The number of carboxylic acid groups (broad SMARTS) is 2. The summed E-state index contributed by atoms with van der Waals surface area (Å²) in [4.78, 5) is 49.0. The third kappa shape index (κ3) is 16.7. The first-order chi connectivity index (χ1) is 41.2. The summed E-state index contributed by atoms with van der Waals surface area (Å²) in [5.74, 6) is -2.55. The molecule has 87 heavy (non-hydrogen) atoms. The highest BCUT2D eigenvalue weighted by atomic mass is 16.7. The van der Waals surface area contributed by atoms with Gasteiger partial charge in [-0.05, 0) is 210 Å². The SMILES string of the molecule is CCC1(C)CC(c2ccc(C)c(C)c2)=NO1.CCC1(C)CC(c2ccc(C)c(C)c2)=NO1.Cc1ccc(C2=NOC(CC(=O)O)(C(=O)O)C2)cc1C.Cc1ccc(C2=NOC(CO)(CCO)C2)cc1C.Cc1ccc(C2=NOC3(CCOC3)C2)cc1C. The van der Waals surface area contributed by atoms with Gasteiger partial charge >= 0.3 is 11.9 Å². The summed E-state index contributed by atoms with van der Waals surface area (Å²) in [6, 6.07) is 31.2. The quantitative estimate of drug-likeness (QED) is 0.0862. The standard InChI is InChI=1S/C14H15NO5.C14H19NO3.C14H17NO2.2C14H19NO/c1-8-3-4-10(5-9(8)2)11-6-14(13(18)19,20-15-11)7-12(16)17;1-10-3-4-12(7-11(10)2)13-8-14(9-17,5-6-16)18-15-13;1-10-3-4-12(7-11(10)2)13-8-14(17-15-13)5-6-16-9-14;2*1-5-14(4)9-13(15-16-14)12-7-6-10(2)11(3)8-12/h3-5H,6-7H2,1-2H3,(H,16,17)(H,18,19);3-4,7,16-17H,5-6,8-9H2,1-2H3;3-4,7H,5-6,8-9H2,1-2H3;2*6-8H,5,9H2,1-4H3. The second kappa shape index (κ2) is 28.4. The zero-order valence-corrected chi connectivity index (χ0v) is 53.4. The zero-order chi connectivity index (χ0) is 63.5. The molecule has 1 spiro atoms. The fourth-order valence-electron chi connectivity index (χ4n) is 10.3. The van der Waals surface area contributed by atoms with Gasteiger partial charge in [0.15, 0.2) is 11.2 Å². The van der Waals surface area contributed by atoms with Crippen molar-refractivity contribution in [3.63, 3.8) is 0 Å². The van der Waals surface area contributed by atoms with Crippen molar-refractivity contribution in [2.45, 2.75) is 189 Å². The Bertz CT molecular complexity index is 3390. The molecule has 0 bridgehead atoms. The van der Waals surface area contributed by atoms with Gasteiger partial charge in [-0.3, -0.25) is 4.79 Å². The lowest BCUT2D eigenvalue weighted by atomic mass is 9.90. The summed E-state index contributed by atoms with van der Waals surface area (Å²) < 4.78 is 5.41. The van der Waals surface area contributed by atoms with Gasteiger partial charge in [0.25, 0.3) is 0 Å². The first-order valence-electron chi connectivity index (χ1n) is 30.1. The van der Waals surface area contributed by atoms with Crippen molar-refractivity contribution in [3.05, 3.63) is 174 Å². The van der Waals surface area contributed by atoms with E-state index in [4.69, 9.17) is 39.1 Å². The molecule has 0 amide bonds. The van der Waals surface area contributed by atoms with Gasteiger partial charge in [0.05, 0.1) is 54.8 Å². The van der Waals surface area contributed by atoms with E-state index in [1.807, 2.05) is 38.1 Å². The van der Waals surface area contributed by atoms with Crippen LogP contribution >= 0.6 is 0 Å². The molecule has 0 aliphatic carbocycles. The van der Waals surface area contributed by atoms with Crippen LogP contribution in [-0.2, 0) is 38.5 Å². The molecule has 5 aromatic carbocycles. The second-order valence-corrected chi connectivity index (χ2v) is 24.8. The largest absolute Gasteiger partial charge is 0.481 e. The molecule has 0 saturated carbocycles. The summed E-state index contributed by atoms with van der Waals surface area (Å²) in [7, 11) is 0. The van der Waals surface area contributed by atoms with E-state index in [0.29, 0.717) is 25.2 Å². The number of aliphatic hydroxyl groups excluding tert-OH is 2. The van der Waals surface area contributed by atoms with Gasteiger partial charge in [-0.25, -0.2) is 4.79 Å². The van der Waals surface area contributed by atoms with Gasteiger partial charge in [0.2, 0.25) is 5.60 Å². The number of hydrogen-bond donors (Lipinski definition) is 4. The van der Waals surface area contributed by atoms with Gasteiger partial charge in [-0.1, -0.05) is 100 Å². The molecule has 17 nitrogen and oxygen atoms in total. The number of aliphatic hydroxyl groups is 2. The Labute approximate surface area is 513 Å². The van der Waals surface area contributed by atoms with Gasteiger partial charge in [0, 0.05) is 51.6 Å². The molecule has 5 unspecified atom stereocenters. The zero-order valence-electron chi connectivity index (χ0n) is 53.4. The van der Waals surface area contributed by atoms with Crippen molar-refractivity contribution < 1.29 is 58.9 Å². The van der Waals surface area contributed by atoms with Crippen molar-refractivity contribution in [2.24, 2.45) is 25.8 Å². The number of aliphatic carboxylic acids is 2. The summed E-state index contributed by atoms with van der Waals surface area (Å²) in [6.07, 6.45) is 5.86. The molecule has 4 N–H and O–H groups in total. The molecule has 0 radical (unpaired) electrons. The lowest BCUT2D eigenvalue weighted by molar-refractivity contribution is -0.169. The first-order valence-corrected chi connectivity index (χ1v) is 30.1. The van der Waals surface area contributed by atoms with Gasteiger partial charge in [-0.15, -0.1) is 0 Å². The number of oxime groups is 5. The second-order valence-electron chi connectivity index (χ2n) is 24.8. The normalized spacial score (nSPS) is 23.8. The van der Waals surface area contributed by atoms with Crippen LogP contribution in [0.2, 0.25) is 0 Å². The molecule has 5 aromatic rings. The molecule has 17 heteroatoms. The summed E-state index contributed by atoms with van der Waals surface area (Å²) >= 11 is 0. The third-order valence-corrected chi connectivity index (χ3v) is 17.7. The van der Waals surface area contributed by atoms with Crippen LogP contribution in [0.25, 0.3) is 0 Å². The summed E-state index contributed by atoms with van der Waals surface area (Å²) in [5, 5.41) is 57.0. The van der Waals surface area contributed by atoms with Gasteiger partial charge in [0.1, 0.15) is 11.2 Å². The van der Waals surface area contributed by atoms with Crippen LogP contribution in [0, 0.1) is 69.2 Å². The van der Waals surface area contributed by atoms with E-state index in [1.54, 1.807) is 0 Å². The van der Waals surface area contributed by atoms with E-state index in [-0.39, 0.29) is 36.4 Å². The highest BCUT2D eigenvalue weighted by molar-refractivity contribution is 6.06. The molecule has 1 fully saturated rings. The van der Waals surface area contributed by atoms with Crippen molar-refractivity contribution in [1.82, 2.24) is 0 Å². The molecule has 466 valence electrons. The van der Waals surface area contributed by atoms with E-state index in [1.165, 1.54) is 61.2 Å². The lowest BCUT2D eigenvalue weighted by Gasteiger charge is -2.22. The highest BCUT2D eigenvalue weighted by Crippen LogP contribution is 2.36. The van der Waals surface area contributed by atoms with Crippen LogP contribution in [-0.4, -0.2) is 115 Å². The summed E-state index contributed by atoms with van der Waals surface area (Å²) in [6.45, 7) is 30.6. The van der Waals surface area contributed by atoms with E-state index in [2.05, 4.69) is 176 Å². The van der Waals surface area contributed by atoms with Crippen LogP contribution in [0.15, 0.2) is 117 Å². The molecule has 1 saturated heterocycles. The number of benzene rings is 5. The number of carboxylic acids is 2. The maximum atomic E-state index is 11.3. The first kappa shape index (κ1) is 66.8. The van der Waals surface area contributed by atoms with Crippen molar-refractivity contribution in [3.8, 4) is 0 Å². The average Bonchev–Trinajstić information content (AvgIpc) is 2.35. The Hall–Kier alpha value is -7.73. The minimum Gasteiger partial charge on any atom is -0.481 e. The molecule has 6 aliphatic rings. The monoisotopic (exact) mass is 1190 g/mol. The van der Waals surface area contributed by atoms with Crippen LogP contribution in [0.3, 0.4) is 0 Å². The molecular weight excluding hydrogens is 1100 g/mol. The minimum absolute atomic E-state index is 0.0176. The summed E-state index contributed by atoms with van der Waals surface area (Å²) in [5.41, 5.74) is 19.4. The van der Waals surface area contributed by atoms with Gasteiger partial charge < -0.3 is 49.4 Å². The fourth-order valence-corrected chi connectivity index (χ4v) is 10.3. The smallest absolute Gasteiger partial charge is 0.351 e. The molecular formula is C70H89N5O12. The topological polar surface area (TPSA) is 232 Å². The number of hydrogen-bond acceptors (Lipinski definition) is 15.